The number of benzene rings is 1. The first-order valence-corrected chi connectivity index (χ1v) is 8.05. The van der Waals surface area contributed by atoms with Crippen molar-refractivity contribution in [1.29, 1.82) is 0 Å². The van der Waals surface area contributed by atoms with Crippen LogP contribution in [0.5, 0.6) is 0 Å². The van der Waals surface area contributed by atoms with Gasteiger partial charge in [0.1, 0.15) is 0 Å². The van der Waals surface area contributed by atoms with Gasteiger partial charge < -0.3 is 4.42 Å². The molecule has 0 aliphatic heterocycles. The number of aromatic nitrogens is 2. The van der Waals surface area contributed by atoms with Crippen LogP contribution in [0.25, 0.3) is 17.5 Å². The Hall–Kier alpha value is -1.20. The molecular formula is C15H16Br2N2O. The van der Waals surface area contributed by atoms with Crippen LogP contribution >= 0.6 is 31.9 Å². The molecule has 0 aliphatic carbocycles. The molecule has 1 aromatic heterocycles. The molecule has 2 rings (SSSR count). The van der Waals surface area contributed by atoms with Gasteiger partial charge in [0.05, 0.1) is 0 Å². The molecule has 5 heteroatoms. The quantitative estimate of drug-likeness (QED) is 0.504. The third kappa shape index (κ3) is 5.84. The zero-order valence-electron chi connectivity index (χ0n) is 11.2. The van der Waals surface area contributed by atoms with Gasteiger partial charge in [0.15, 0.2) is 0 Å². The van der Waals surface area contributed by atoms with Crippen molar-refractivity contribution in [1.82, 2.24) is 10.2 Å². The fourth-order valence-electron chi connectivity index (χ4n) is 1.23. The van der Waals surface area contributed by atoms with Gasteiger partial charge >= 0.3 is 0 Å². The van der Waals surface area contributed by atoms with Gasteiger partial charge in [-0.3, -0.25) is 0 Å². The van der Waals surface area contributed by atoms with Crippen LogP contribution in [0, 0.1) is 0 Å². The third-order valence-corrected chi connectivity index (χ3v) is 3.12. The van der Waals surface area contributed by atoms with Crippen LogP contribution in [0.2, 0.25) is 0 Å². The summed E-state index contributed by atoms with van der Waals surface area (Å²) in [6.07, 6.45) is 6.56. The smallest absolute Gasteiger partial charge is 0.248 e. The highest BCUT2D eigenvalue weighted by molar-refractivity contribution is 9.10. The summed E-state index contributed by atoms with van der Waals surface area (Å²) in [6.45, 7) is 5.49. The summed E-state index contributed by atoms with van der Waals surface area (Å²) < 4.78 is 6.52. The van der Waals surface area contributed by atoms with Crippen molar-refractivity contribution in [2.75, 3.05) is 5.33 Å². The van der Waals surface area contributed by atoms with Crippen molar-refractivity contribution in [2.45, 2.75) is 13.3 Å². The lowest BCUT2D eigenvalue weighted by molar-refractivity contribution is 0.557. The van der Waals surface area contributed by atoms with E-state index in [1.165, 1.54) is 0 Å². The van der Waals surface area contributed by atoms with Gasteiger partial charge in [0, 0.05) is 15.4 Å². The Balaban J connectivity index is 0.000000444. The van der Waals surface area contributed by atoms with Gasteiger partial charge in [-0.05, 0) is 36.8 Å². The number of nitrogens with zero attached hydrogens (tertiary/aromatic N) is 2. The fraction of sp³-hybridized carbons (Fsp3) is 0.200. The van der Waals surface area contributed by atoms with E-state index in [9.17, 15) is 0 Å². The molecule has 0 fully saturated rings. The minimum atomic E-state index is 0.541. The van der Waals surface area contributed by atoms with Gasteiger partial charge in [-0.1, -0.05) is 50.9 Å². The molecule has 0 radical (unpaired) electrons. The zero-order chi connectivity index (χ0) is 14.8. The van der Waals surface area contributed by atoms with E-state index >= 15 is 0 Å². The second-order valence-electron chi connectivity index (χ2n) is 3.71. The number of halogens is 2. The van der Waals surface area contributed by atoms with E-state index in [1.807, 2.05) is 36.4 Å². The van der Waals surface area contributed by atoms with Crippen LogP contribution in [0.3, 0.4) is 0 Å². The van der Waals surface area contributed by atoms with Crippen molar-refractivity contribution in [3.05, 3.63) is 53.4 Å². The standard InChI is InChI=1S/C12H11BrN2O.C3H5Br/c1-2-3-4-11-14-15-12(16-11)9-5-7-10(13)8-6-9;1-2-3-4/h3-8H,2H2,1H3;2H,1,3H2/b4-3+;. The predicted molar refractivity (Wildman–Crippen MR) is 90.8 cm³/mol. The topological polar surface area (TPSA) is 38.9 Å². The third-order valence-electron chi connectivity index (χ3n) is 2.14. The molecule has 20 heavy (non-hydrogen) atoms. The molecule has 0 unspecified atom stereocenters. The van der Waals surface area contributed by atoms with Crippen molar-refractivity contribution >= 4 is 37.9 Å². The van der Waals surface area contributed by atoms with Crippen molar-refractivity contribution in [3.63, 3.8) is 0 Å². The Kier molecular flexibility index (Phi) is 8.14. The van der Waals surface area contributed by atoms with Crippen LogP contribution in [0.1, 0.15) is 19.2 Å². The Labute approximate surface area is 136 Å². The molecule has 2 aromatic rings. The summed E-state index contributed by atoms with van der Waals surface area (Å²) in [5, 5.41) is 8.82. The van der Waals surface area contributed by atoms with Crippen molar-refractivity contribution < 1.29 is 4.42 Å². The van der Waals surface area contributed by atoms with E-state index in [2.05, 4.69) is 55.6 Å². The van der Waals surface area contributed by atoms with Crippen LogP contribution in [-0.2, 0) is 0 Å². The first-order valence-electron chi connectivity index (χ1n) is 6.14. The average molecular weight is 400 g/mol. The van der Waals surface area contributed by atoms with E-state index in [1.54, 1.807) is 6.08 Å². The molecule has 0 atom stereocenters. The zero-order valence-corrected chi connectivity index (χ0v) is 14.4. The highest BCUT2D eigenvalue weighted by Crippen LogP contribution is 2.20. The maximum atomic E-state index is 5.49. The van der Waals surface area contributed by atoms with Gasteiger partial charge in [0.25, 0.3) is 0 Å². The predicted octanol–water partition coefficient (Wildman–Crippen LogP) is 5.49. The second-order valence-corrected chi connectivity index (χ2v) is 5.27. The first kappa shape index (κ1) is 16.9. The number of rotatable bonds is 4. The summed E-state index contributed by atoms with van der Waals surface area (Å²) in [5.74, 6) is 1.09. The van der Waals surface area contributed by atoms with Gasteiger partial charge in [0.2, 0.25) is 11.8 Å². The minimum absolute atomic E-state index is 0.541. The maximum Gasteiger partial charge on any atom is 0.248 e. The second kappa shape index (κ2) is 9.66. The van der Waals surface area contributed by atoms with E-state index in [4.69, 9.17) is 4.42 Å². The van der Waals surface area contributed by atoms with Gasteiger partial charge in [-0.25, -0.2) is 0 Å². The van der Waals surface area contributed by atoms with E-state index in [-0.39, 0.29) is 0 Å². The molecule has 0 saturated heterocycles. The molecule has 3 nitrogen and oxygen atoms in total. The molecule has 0 saturated carbocycles. The van der Waals surface area contributed by atoms with Crippen molar-refractivity contribution in [3.8, 4) is 11.5 Å². The van der Waals surface area contributed by atoms with Gasteiger partial charge in [-0.15, -0.1) is 16.8 Å². The molecule has 106 valence electrons. The fourth-order valence-corrected chi connectivity index (χ4v) is 1.49. The summed E-state index contributed by atoms with van der Waals surface area (Å²) >= 11 is 6.51. The molecule has 0 amide bonds. The van der Waals surface area contributed by atoms with Crippen LogP contribution in [0.4, 0.5) is 0 Å². The SMILES string of the molecule is C=CCBr.CC/C=C/c1nnc(-c2ccc(Br)cc2)o1. The minimum Gasteiger partial charge on any atom is -0.417 e. The average Bonchev–Trinajstić information content (AvgIpc) is 2.95. The normalized spacial score (nSPS) is 10.2. The Morgan fingerprint density at radius 3 is 2.45 bits per heavy atom. The molecule has 0 bridgehead atoms. The van der Waals surface area contributed by atoms with E-state index in [0.29, 0.717) is 11.8 Å². The number of hydrogen-bond acceptors (Lipinski definition) is 3. The Morgan fingerprint density at radius 1 is 1.25 bits per heavy atom. The summed E-state index contributed by atoms with van der Waals surface area (Å²) in [5.41, 5.74) is 0.923. The monoisotopic (exact) mass is 398 g/mol. The first-order chi connectivity index (χ1) is 9.71. The van der Waals surface area contributed by atoms with Crippen LogP contribution in [0.15, 0.2) is 51.9 Å². The van der Waals surface area contributed by atoms with E-state index in [0.717, 1.165) is 21.8 Å². The Morgan fingerprint density at radius 2 is 1.90 bits per heavy atom. The molecule has 1 aromatic carbocycles. The molecular weight excluding hydrogens is 384 g/mol. The lowest BCUT2D eigenvalue weighted by atomic mass is 10.2. The highest BCUT2D eigenvalue weighted by Gasteiger charge is 2.05. The number of alkyl halides is 1. The van der Waals surface area contributed by atoms with Gasteiger partial charge in [-0.2, -0.15) is 0 Å². The lowest BCUT2D eigenvalue weighted by Crippen LogP contribution is -1.76. The number of hydrogen-bond donors (Lipinski definition) is 0. The van der Waals surface area contributed by atoms with E-state index < -0.39 is 0 Å². The highest BCUT2D eigenvalue weighted by atomic mass is 79.9. The van der Waals surface area contributed by atoms with Crippen LogP contribution < -0.4 is 0 Å². The summed E-state index contributed by atoms with van der Waals surface area (Å²) in [6, 6.07) is 7.76. The summed E-state index contributed by atoms with van der Waals surface area (Å²) in [4.78, 5) is 0. The largest absolute Gasteiger partial charge is 0.417 e. The molecule has 0 aliphatic rings. The lowest BCUT2D eigenvalue weighted by Gasteiger charge is -1.93. The summed E-state index contributed by atoms with van der Waals surface area (Å²) in [7, 11) is 0. The van der Waals surface area contributed by atoms with Crippen LogP contribution in [-0.4, -0.2) is 15.5 Å². The Bertz CT molecular complexity index is 547. The molecule has 1 heterocycles. The maximum absolute atomic E-state index is 5.49. The molecule has 0 spiro atoms. The molecule has 0 N–H and O–H groups in total. The van der Waals surface area contributed by atoms with Crippen molar-refractivity contribution in [2.24, 2.45) is 0 Å². The number of allylic oxidation sites excluding steroid dienone is 2.